The molecule has 2 N–H and O–H groups in total. The van der Waals surface area contributed by atoms with E-state index in [1.807, 2.05) is 13.8 Å². The molecule has 10 heteroatoms. The SMILES string of the molecule is COc1ccc(S(=O)(=O)Nc2ccccc2C(=O)NCC(C)C)cc1C(=O)N1CCOCC1. The number of hydrogen-bond donors (Lipinski definition) is 2. The molecule has 1 saturated heterocycles. The molecule has 0 bridgehead atoms. The second-order valence-electron chi connectivity index (χ2n) is 8.02. The Labute approximate surface area is 194 Å². The number of para-hydroxylation sites is 1. The second-order valence-corrected chi connectivity index (χ2v) is 9.70. The summed E-state index contributed by atoms with van der Waals surface area (Å²) in [6, 6.07) is 10.5. The van der Waals surface area contributed by atoms with E-state index in [9.17, 15) is 18.0 Å². The third-order valence-corrected chi connectivity index (χ3v) is 6.46. The van der Waals surface area contributed by atoms with Crippen LogP contribution in [0, 0.1) is 5.92 Å². The molecule has 1 fully saturated rings. The lowest BCUT2D eigenvalue weighted by molar-refractivity contribution is 0.0300. The van der Waals surface area contributed by atoms with Crippen molar-refractivity contribution in [1.82, 2.24) is 10.2 Å². The minimum atomic E-state index is -4.09. The predicted molar refractivity (Wildman–Crippen MR) is 124 cm³/mol. The van der Waals surface area contributed by atoms with Crippen molar-refractivity contribution in [3.63, 3.8) is 0 Å². The lowest BCUT2D eigenvalue weighted by Crippen LogP contribution is -2.40. The molecule has 2 aromatic rings. The molecule has 0 aromatic heterocycles. The minimum Gasteiger partial charge on any atom is -0.496 e. The number of rotatable bonds is 8. The standard InChI is InChI=1S/C23H29N3O6S/c1-16(2)15-24-22(27)18-6-4-5-7-20(18)25-33(29,30)17-8-9-21(31-3)19(14-17)23(28)26-10-12-32-13-11-26/h4-9,14,16,25H,10-13,15H2,1-3H3,(H,24,27). The van der Waals surface area contributed by atoms with E-state index in [2.05, 4.69) is 10.0 Å². The number of nitrogens with one attached hydrogen (secondary N) is 2. The maximum absolute atomic E-state index is 13.2. The predicted octanol–water partition coefficient (Wildman–Crippen LogP) is 2.35. The van der Waals surface area contributed by atoms with Crippen molar-refractivity contribution in [3.8, 4) is 5.75 Å². The van der Waals surface area contributed by atoms with Crippen molar-refractivity contribution in [2.75, 3.05) is 44.7 Å². The largest absolute Gasteiger partial charge is 0.496 e. The average molecular weight is 476 g/mol. The molecule has 9 nitrogen and oxygen atoms in total. The molecule has 2 aromatic carbocycles. The summed E-state index contributed by atoms with van der Waals surface area (Å²) in [4.78, 5) is 27.1. The van der Waals surface area contributed by atoms with E-state index in [1.54, 1.807) is 23.1 Å². The van der Waals surface area contributed by atoms with Gasteiger partial charge in [-0.15, -0.1) is 0 Å². The van der Waals surface area contributed by atoms with Crippen LogP contribution in [0.2, 0.25) is 0 Å². The summed E-state index contributed by atoms with van der Waals surface area (Å²) in [5, 5.41) is 2.79. The molecule has 1 heterocycles. The van der Waals surface area contributed by atoms with Crippen LogP contribution in [0.25, 0.3) is 0 Å². The van der Waals surface area contributed by atoms with Crippen LogP contribution < -0.4 is 14.8 Å². The van der Waals surface area contributed by atoms with Gasteiger partial charge >= 0.3 is 0 Å². The fourth-order valence-corrected chi connectivity index (χ4v) is 4.43. The summed E-state index contributed by atoms with van der Waals surface area (Å²) < 4.78 is 39.4. The van der Waals surface area contributed by atoms with Crippen LogP contribution in [-0.4, -0.2) is 65.1 Å². The molecule has 33 heavy (non-hydrogen) atoms. The van der Waals surface area contributed by atoms with Crippen molar-refractivity contribution >= 4 is 27.5 Å². The zero-order chi connectivity index (χ0) is 24.0. The monoisotopic (exact) mass is 475 g/mol. The molecule has 1 aliphatic heterocycles. The van der Waals surface area contributed by atoms with Crippen LogP contribution in [0.3, 0.4) is 0 Å². The number of nitrogens with zero attached hydrogens (tertiary/aromatic N) is 1. The number of carbonyl (C=O) groups is 2. The van der Waals surface area contributed by atoms with Crippen molar-refractivity contribution in [3.05, 3.63) is 53.6 Å². The average Bonchev–Trinajstić information content (AvgIpc) is 2.82. The van der Waals surface area contributed by atoms with E-state index in [4.69, 9.17) is 9.47 Å². The van der Waals surface area contributed by atoms with Crippen LogP contribution in [0.15, 0.2) is 47.4 Å². The number of methoxy groups -OCH3 is 1. The minimum absolute atomic E-state index is 0.114. The quantitative estimate of drug-likeness (QED) is 0.606. The maximum atomic E-state index is 13.2. The van der Waals surface area contributed by atoms with Gasteiger partial charge in [0.05, 0.1) is 42.0 Å². The number of morpholine rings is 1. The number of carbonyl (C=O) groups excluding carboxylic acids is 2. The molecule has 3 rings (SSSR count). The summed E-state index contributed by atoms with van der Waals surface area (Å²) >= 11 is 0. The Morgan fingerprint density at radius 3 is 2.45 bits per heavy atom. The van der Waals surface area contributed by atoms with Gasteiger partial charge in [0.15, 0.2) is 0 Å². The number of amides is 2. The molecule has 0 unspecified atom stereocenters. The molecule has 178 valence electrons. The first kappa shape index (κ1) is 24.5. The summed E-state index contributed by atoms with van der Waals surface area (Å²) in [5.74, 6) is -0.181. The molecule has 0 aliphatic carbocycles. The van der Waals surface area contributed by atoms with Crippen LogP contribution in [0.1, 0.15) is 34.6 Å². The van der Waals surface area contributed by atoms with Gasteiger partial charge in [-0.2, -0.15) is 0 Å². The van der Waals surface area contributed by atoms with Crippen molar-refractivity contribution in [2.24, 2.45) is 5.92 Å². The van der Waals surface area contributed by atoms with E-state index in [-0.39, 0.29) is 45.2 Å². The summed E-state index contributed by atoms with van der Waals surface area (Å²) in [5.41, 5.74) is 0.501. The Morgan fingerprint density at radius 2 is 1.79 bits per heavy atom. The molecule has 2 amide bonds. The van der Waals surface area contributed by atoms with Crippen LogP contribution in [0.5, 0.6) is 5.75 Å². The van der Waals surface area contributed by atoms with Crippen LogP contribution in [0.4, 0.5) is 5.69 Å². The number of ether oxygens (including phenoxy) is 2. The van der Waals surface area contributed by atoms with Crippen molar-refractivity contribution in [1.29, 1.82) is 0 Å². The van der Waals surface area contributed by atoms with E-state index in [0.717, 1.165) is 0 Å². The molecule has 0 spiro atoms. The highest BCUT2D eigenvalue weighted by atomic mass is 32.2. The highest BCUT2D eigenvalue weighted by Gasteiger charge is 2.25. The first-order valence-corrected chi connectivity index (χ1v) is 12.2. The van der Waals surface area contributed by atoms with E-state index in [0.29, 0.717) is 32.8 Å². The molecule has 0 radical (unpaired) electrons. The Hall–Kier alpha value is -3.11. The number of sulfonamides is 1. The fourth-order valence-electron chi connectivity index (χ4n) is 3.32. The number of anilines is 1. The van der Waals surface area contributed by atoms with Gasteiger partial charge in [0.1, 0.15) is 5.75 Å². The maximum Gasteiger partial charge on any atom is 0.261 e. The Balaban J connectivity index is 1.89. The first-order valence-electron chi connectivity index (χ1n) is 10.7. The first-order chi connectivity index (χ1) is 15.7. The third-order valence-electron chi connectivity index (χ3n) is 5.10. The van der Waals surface area contributed by atoms with Crippen LogP contribution >= 0.6 is 0 Å². The summed E-state index contributed by atoms with van der Waals surface area (Å²) in [7, 11) is -2.67. The van der Waals surface area contributed by atoms with E-state index in [1.165, 1.54) is 31.4 Å². The van der Waals surface area contributed by atoms with Gasteiger partial charge in [-0.25, -0.2) is 8.42 Å². The van der Waals surface area contributed by atoms with Crippen molar-refractivity contribution in [2.45, 2.75) is 18.7 Å². The van der Waals surface area contributed by atoms with Crippen molar-refractivity contribution < 1.29 is 27.5 Å². The van der Waals surface area contributed by atoms with Gasteiger partial charge in [0.2, 0.25) is 0 Å². The van der Waals surface area contributed by atoms with E-state index >= 15 is 0 Å². The lowest BCUT2D eigenvalue weighted by Gasteiger charge is -2.27. The van der Waals surface area contributed by atoms with Gasteiger partial charge < -0.3 is 19.7 Å². The molecular formula is C23H29N3O6S. The van der Waals surface area contributed by atoms with Gasteiger partial charge in [0.25, 0.3) is 21.8 Å². The summed E-state index contributed by atoms with van der Waals surface area (Å²) in [6.07, 6.45) is 0. The topological polar surface area (TPSA) is 114 Å². The Morgan fingerprint density at radius 1 is 1.09 bits per heavy atom. The molecule has 0 atom stereocenters. The normalized spacial score (nSPS) is 14.1. The Kier molecular flexibility index (Phi) is 7.93. The highest BCUT2D eigenvalue weighted by Crippen LogP contribution is 2.26. The van der Waals surface area contributed by atoms with Gasteiger partial charge in [-0.3, -0.25) is 14.3 Å². The van der Waals surface area contributed by atoms with E-state index < -0.39 is 10.0 Å². The number of hydrogen-bond acceptors (Lipinski definition) is 6. The molecule has 0 saturated carbocycles. The highest BCUT2D eigenvalue weighted by molar-refractivity contribution is 7.92. The van der Waals surface area contributed by atoms with Gasteiger partial charge in [0, 0.05) is 19.6 Å². The zero-order valence-electron chi connectivity index (χ0n) is 19.0. The Bertz CT molecular complexity index is 1110. The molecule has 1 aliphatic rings. The molecular weight excluding hydrogens is 446 g/mol. The lowest BCUT2D eigenvalue weighted by atomic mass is 10.1. The zero-order valence-corrected chi connectivity index (χ0v) is 19.8. The summed E-state index contributed by atoms with van der Waals surface area (Å²) in [6.45, 7) is 6.06. The second kappa shape index (κ2) is 10.7. The smallest absolute Gasteiger partial charge is 0.261 e. The number of benzene rings is 2. The van der Waals surface area contributed by atoms with Crippen LogP contribution in [-0.2, 0) is 14.8 Å². The van der Waals surface area contributed by atoms with Gasteiger partial charge in [-0.1, -0.05) is 26.0 Å². The fraction of sp³-hybridized carbons (Fsp3) is 0.391. The third kappa shape index (κ3) is 6.02. The van der Waals surface area contributed by atoms with Gasteiger partial charge in [-0.05, 0) is 36.2 Å².